The summed E-state index contributed by atoms with van der Waals surface area (Å²) in [6, 6.07) is 6.40. The van der Waals surface area contributed by atoms with E-state index >= 15 is 0 Å². The molecule has 2 aromatic rings. The summed E-state index contributed by atoms with van der Waals surface area (Å²) in [4.78, 5) is 44.8. The zero-order valence-corrected chi connectivity index (χ0v) is 23.4. The molecule has 3 aliphatic heterocycles. The number of carbonyl (C=O) groups is 3. The maximum atomic E-state index is 13.7. The third-order valence-corrected chi connectivity index (χ3v) is 9.96. The van der Waals surface area contributed by atoms with Crippen LogP contribution in [-0.4, -0.2) is 95.3 Å². The van der Waals surface area contributed by atoms with Crippen molar-refractivity contribution in [3.8, 4) is 0 Å². The predicted octanol–water partition coefficient (Wildman–Crippen LogP) is 1.63. The molecule has 4 heterocycles. The van der Waals surface area contributed by atoms with Crippen molar-refractivity contribution in [1.82, 2.24) is 24.9 Å². The van der Waals surface area contributed by atoms with Crippen LogP contribution >= 0.6 is 0 Å². The van der Waals surface area contributed by atoms with Crippen LogP contribution in [0.2, 0.25) is 0 Å². The Labute approximate surface area is 234 Å². The molecule has 40 heavy (non-hydrogen) atoms. The number of piperazine rings is 1. The summed E-state index contributed by atoms with van der Waals surface area (Å²) in [5.41, 5.74) is 6.17. The van der Waals surface area contributed by atoms with Gasteiger partial charge in [-0.3, -0.25) is 19.1 Å². The van der Waals surface area contributed by atoms with Crippen molar-refractivity contribution in [1.29, 1.82) is 0 Å². The number of carbonyl (C=O) groups excluding carboxylic acids is 3. The highest BCUT2D eigenvalue weighted by Crippen LogP contribution is 2.57. The summed E-state index contributed by atoms with van der Waals surface area (Å²) in [6.07, 6.45) is 3.41. The van der Waals surface area contributed by atoms with Gasteiger partial charge in [-0.05, 0) is 68.6 Å². The van der Waals surface area contributed by atoms with Crippen LogP contribution in [0.25, 0.3) is 0 Å². The van der Waals surface area contributed by atoms with Crippen LogP contribution in [0.15, 0.2) is 18.2 Å². The number of hydrogen-bond donors (Lipinski definition) is 1. The van der Waals surface area contributed by atoms with Gasteiger partial charge in [0.1, 0.15) is 13.2 Å². The summed E-state index contributed by atoms with van der Waals surface area (Å²) in [7, 11) is 0. The van der Waals surface area contributed by atoms with E-state index in [1.54, 1.807) is 0 Å². The Bertz CT molecular complexity index is 1360. The molecule has 0 bridgehead atoms. The van der Waals surface area contributed by atoms with Gasteiger partial charge in [0.25, 0.3) is 5.91 Å². The lowest BCUT2D eigenvalue weighted by Crippen LogP contribution is -2.58. The van der Waals surface area contributed by atoms with Crippen LogP contribution in [0.3, 0.4) is 0 Å². The highest BCUT2D eigenvalue weighted by molar-refractivity contribution is 5.95. The largest absolute Gasteiger partial charge is 0.368 e. The van der Waals surface area contributed by atoms with E-state index in [4.69, 9.17) is 9.84 Å². The van der Waals surface area contributed by atoms with Gasteiger partial charge in [0.05, 0.1) is 5.60 Å². The van der Waals surface area contributed by atoms with Crippen LogP contribution < -0.4 is 10.2 Å². The second kappa shape index (κ2) is 9.61. The molecule has 4 fully saturated rings. The van der Waals surface area contributed by atoms with Crippen LogP contribution in [0.5, 0.6) is 0 Å². The number of ether oxygens (including phenoxy) is 1. The van der Waals surface area contributed by atoms with Gasteiger partial charge in [-0.1, -0.05) is 12.1 Å². The number of aryl methyl sites for hydroxylation is 1. The molecule has 212 valence electrons. The van der Waals surface area contributed by atoms with Gasteiger partial charge < -0.3 is 24.8 Å². The minimum Gasteiger partial charge on any atom is -0.368 e. The summed E-state index contributed by atoms with van der Waals surface area (Å²) in [6.45, 7) is 9.22. The molecule has 3 saturated heterocycles. The van der Waals surface area contributed by atoms with Crippen LogP contribution in [-0.2, 0) is 27.3 Å². The van der Waals surface area contributed by atoms with Gasteiger partial charge in [0.15, 0.2) is 5.69 Å². The Kier molecular flexibility index (Phi) is 6.14. The fraction of sp³-hybridized carbons (Fsp3) is 0.600. The molecule has 1 aromatic carbocycles. The monoisotopic (exact) mass is 546 g/mol. The van der Waals surface area contributed by atoms with Crippen molar-refractivity contribution in [2.24, 2.45) is 5.92 Å². The predicted molar refractivity (Wildman–Crippen MR) is 148 cm³/mol. The fourth-order valence-electron chi connectivity index (χ4n) is 7.15. The number of anilines is 1. The number of aromatic nitrogens is 2. The average molecular weight is 547 g/mol. The van der Waals surface area contributed by atoms with Gasteiger partial charge in [-0.15, -0.1) is 0 Å². The molecule has 2 aliphatic carbocycles. The number of hydrogen-bond acceptors (Lipinski definition) is 6. The van der Waals surface area contributed by atoms with Crippen molar-refractivity contribution >= 4 is 23.4 Å². The van der Waals surface area contributed by atoms with Gasteiger partial charge in [0, 0.05) is 62.8 Å². The maximum Gasteiger partial charge on any atom is 0.274 e. The number of nitrogens with zero attached hydrogens (tertiary/aromatic N) is 5. The van der Waals surface area contributed by atoms with E-state index in [2.05, 4.69) is 42.3 Å². The molecule has 1 aromatic heterocycles. The number of rotatable bonds is 4. The standard InChI is InChI=1S/C30H38N6O4/c1-19-4-3-5-23(20(19)2)33-10-12-34(13-11-33)26(38)16-36-24-15-21-14-22(21)27(24)28(32-36)29(39)35-8-6-30(7-9-35)18-31-25(37)17-40-30/h3-5,21-22H,6-18H2,1-2H3,(H,31,37)/t21-,22-/m1/s1. The van der Waals surface area contributed by atoms with E-state index < -0.39 is 0 Å². The lowest BCUT2D eigenvalue weighted by atomic mass is 9.89. The normalized spacial score (nSPS) is 25.1. The summed E-state index contributed by atoms with van der Waals surface area (Å²) in [5, 5.41) is 7.70. The highest BCUT2D eigenvalue weighted by atomic mass is 16.5. The molecule has 2 atom stereocenters. The molecule has 5 aliphatic rings. The number of amides is 3. The molecule has 10 nitrogen and oxygen atoms in total. The molecular weight excluding hydrogens is 508 g/mol. The molecule has 0 radical (unpaired) electrons. The molecule has 10 heteroatoms. The van der Waals surface area contributed by atoms with Crippen molar-refractivity contribution in [2.75, 3.05) is 57.3 Å². The zero-order valence-electron chi connectivity index (χ0n) is 23.4. The minimum atomic E-state index is -0.373. The first-order valence-electron chi connectivity index (χ1n) is 14.7. The Balaban J connectivity index is 1.02. The van der Waals surface area contributed by atoms with Crippen molar-refractivity contribution < 1.29 is 19.1 Å². The molecule has 1 N–H and O–H groups in total. The summed E-state index contributed by atoms with van der Waals surface area (Å²) in [5.74, 6) is 0.952. The first-order valence-corrected chi connectivity index (χ1v) is 14.7. The smallest absolute Gasteiger partial charge is 0.274 e. The SMILES string of the molecule is Cc1cccc(N2CCN(C(=O)Cn3nc(C(=O)N4CCC5(CC4)CNC(=O)CO5)c4c3C[C@H]3C[C@@H]43)CC2)c1C. The maximum absolute atomic E-state index is 13.7. The first-order chi connectivity index (χ1) is 19.3. The van der Waals surface area contributed by atoms with E-state index in [1.807, 2.05) is 14.5 Å². The molecule has 1 spiro atoms. The Morgan fingerprint density at radius 1 is 1.07 bits per heavy atom. The molecule has 1 saturated carbocycles. The molecule has 7 rings (SSSR count). The van der Waals surface area contributed by atoms with E-state index in [-0.39, 0.29) is 36.5 Å². The van der Waals surface area contributed by atoms with Crippen LogP contribution in [0, 0.1) is 19.8 Å². The number of likely N-dealkylation sites (tertiary alicyclic amines) is 1. The Hall–Kier alpha value is -3.40. The molecular formula is C30H38N6O4. The van der Waals surface area contributed by atoms with E-state index in [0.717, 1.165) is 37.2 Å². The van der Waals surface area contributed by atoms with Crippen LogP contribution in [0.1, 0.15) is 58.1 Å². The van der Waals surface area contributed by atoms with Crippen LogP contribution in [0.4, 0.5) is 5.69 Å². The van der Waals surface area contributed by atoms with Gasteiger partial charge in [0.2, 0.25) is 11.8 Å². The van der Waals surface area contributed by atoms with E-state index in [0.29, 0.717) is 63.1 Å². The zero-order chi connectivity index (χ0) is 27.6. The Morgan fingerprint density at radius 2 is 1.85 bits per heavy atom. The third kappa shape index (κ3) is 4.36. The summed E-state index contributed by atoms with van der Waals surface area (Å²) >= 11 is 0. The van der Waals surface area contributed by atoms with Gasteiger partial charge in [-0.2, -0.15) is 5.10 Å². The number of benzene rings is 1. The number of piperidine rings is 1. The third-order valence-electron chi connectivity index (χ3n) is 9.96. The number of fused-ring (bicyclic) bond motifs is 3. The highest BCUT2D eigenvalue weighted by Gasteiger charge is 2.51. The quantitative estimate of drug-likeness (QED) is 0.626. The van der Waals surface area contributed by atoms with E-state index in [1.165, 1.54) is 16.8 Å². The average Bonchev–Trinajstić information content (AvgIpc) is 3.50. The first kappa shape index (κ1) is 25.6. The number of morpholine rings is 1. The minimum absolute atomic E-state index is 0.0353. The van der Waals surface area contributed by atoms with Crippen molar-refractivity contribution in [2.45, 2.75) is 57.6 Å². The second-order valence-electron chi connectivity index (χ2n) is 12.3. The lowest BCUT2D eigenvalue weighted by molar-refractivity contribution is -0.149. The number of nitrogens with one attached hydrogen (secondary N) is 1. The molecule has 3 amide bonds. The van der Waals surface area contributed by atoms with Gasteiger partial charge in [-0.25, -0.2) is 0 Å². The van der Waals surface area contributed by atoms with E-state index in [9.17, 15) is 14.4 Å². The second-order valence-corrected chi connectivity index (χ2v) is 12.3. The summed E-state index contributed by atoms with van der Waals surface area (Å²) < 4.78 is 7.72. The van der Waals surface area contributed by atoms with Gasteiger partial charge >= 0.3 is 0 Å². The van der Waals surface area contributed by atoms with Crippen molar-refractivity contribution in [3.63, 3.8) is 0 Å². The fourth-order valence-corrected chi connectivity index (χ4v) is 7.15. The lowest BCUT2D eigenvalue weighted by Gasteiger charge is -2.43. The van der Waals surface area contributed by atoms with Crippen molar-refractivity contribution in [3.05, 3.63) is 46.3 Å². The Morgan fingerprint density at radius 3 is 2.58 bits per heavy atom. The topological polar surface area (TPSA) is 100 Å². The molecule has 0 unspecified atom stereocenters.